The monoisotopic (exact) mass is 259 g/mol. The van der Waals surface area contributed by atoms with Crippen LogP contribution in [0.1, 0.15) is 40.0 Å². The summed E-state index contributed by atoms with van der Waals surface area (Å²) in [6.07, 6.45) is 6.01. The van der Waals surface area contributed by atoms with Crippen LogP contribution in [0.3, 0.4) is 0 Å². The van der Waals surface area contributed by atoms with E-state index in [-0.39, 0.29) is 0 Å². The molecule has 2 aliphatic rings. The van der Waals surface area contributed by atoms with Crippen LogP contribution in [0, 0.1) is 16.7 Å². The Bertz CT molecular complexity index is 478. The van der Waals surface area contributed by atoms with Gasteiger partial charge in [-0.2, -0.15) is 0 Å². The summed E-state index contributed by atoms with van der Waals surface area (Å²) in [6.45, 7) is 7.32. The third kappa shape index (κ3) is 1.90. The summed E-state index contributed by atoms with van der Waals surface area (Å²) < 4.78 is 0. The average molecular weight is 259 g/mol. The van der Waals surface area contributed by atoms with Crippen LogP contribution >= 0.6 is 0 Å². The van der Waals surface area contributed by atoms with Crippen molar-refractivity contribution in [1.82, 2.24) is 4.98 Å². The van der Waals surface area contributed by atoms with Crippen molar-refractivity contribution in [3.63, 3.8) is 0 Å². The Morgan fingerprint density at radius 2 is 2.11 bits per heavy atom. The predicted octanol–water partition coefficient (Wildman–Crippen LogP) is 3.75. The van der Waals surface area contributed by atoms with Crippen LogP contribution in [0.25, 0.3) is 0 Å². The smallest absolute Gasteiger partial charge is 0.127 e. The SMILES string of the molecule is CNc1cc(NC2C3(C)CCC(C3)C2(C)C)ccn1. The topological polar surface area (TPSA) is 37.0 Å². The molecule has 0 aromatic carbocycles. The third-order valence-corrected chi connectivity index (χ3v) is 5.60. The molecule has 3 heteroatoms. The summed E-state index contributed by atoms with van der Waals surface area (Å²) in [5, 5.41) is 6.90. The molecule has 1 aromatic rings. The molecule has 3 nitrogen and oxygen atoms in total. The molecule has 0 spiro atoms. The van der Waals surface area contributed by atoms with Gasteiger partial charge in [0.1, 0.15) is 5.82 Å². The van der Waals surface area contributed by atoms with E-state index in [1.807, 2.05) is 13.2 Å². The molecule has 0 radical (unpaired) electrons. The molecule has 1 aromatic heterocycles. The Morgan fingerprint density at radius 1 is 1.32 bits per heavy atom. The van der Waals surface area contributed by atoms with Gasteiger partial charge >= 0.3 is 0 Å². The van der Waals surface area contributed by atoms with Crippen molar-refractivity contribution < 1.29 is 0 Å². The normalized spacial score (nSPS) is 35.4. The molecule has 2 fully saturated rings. The molecular formula is C16H25N3. The van der Waals surface area contributed by atoms with E-state index in [1.165, 1.54) is 24.9 Å². The minimum atomic E-state index is 0.385. The van der Waals surface area contributed by atoms with Crippen LogP contribution in [-0.4, -0.2) is 18.1 Å². The van der Waals surface area contributed by atoms with E-state index in [1.54, 1.807) is 0 Å². The summed E-state index contributed by atoms with van der Waals surface area (Å²) in [5.41, 5.74) is 2.03. The molecule has 104 valence electrons. The van der Waals surface area contributed by atoms with Crippen molar-refractivity contribution in [2.45, 2.75) is 46.1 Å². The second kappa shape index (κ2) is 4.12. The summed E-state index contributed by atoms with van der Waals surface area (Å²) in [6, 6.07) is 4.74. The molecule has 0 saturated heterocycles. The number of pyridine rings is 1. The number of anilines is 2. The van der Waals surface area contributed by atoms with Crippen molar-refractivity contribution in [3.05, 3.63) is 18.3 Å². The maximum atomic E-state index is 4.28. The fraction of sp³-hybridized carbons (Fsp3) is 0.688. The lowest BCUT2D eigenvalue weighted by Gasteiger charge is -2.43. The van der Waals surface area contributed by atoms with Gasteiger partial charge in [-0.05, 0) is 42.1 Å². The summed E-state index contributed by atoms with van der Waals surface area (Å²) >= 11 is 0. The van der Waals surface area contributed by atoms with Gasteiger partial charge in [0, 0.05) is 31.0 Å². The van der Waals surface area contributed by atoms with E-state index >= 15 is 0 Å². The Kier molecular flexibility index (Phi) is 2.77. The molecular weight excluding hydrogens is 234 g/mol. The molecule has 3 rings (SSSR count). The minimum Gasteiger partial charge on any atom is -0.381 e. The highest BCUT2D eigenvalue weighted by molar-refractivity contribution is 5.53. The van der Waals surface area contributed by atoms with Gasteiger partial charge in [0.15, 0.2) is 0 Å². The van der Waals surface area contributed by atoms with E-state index in [0.29, 0.717) is 16.9 Å². The predicted molar refractivity (Wildman–Crippen MR) is 80.4 cm³/mol. The van der Waals surface area contributed by atoms with Gasteiger partial charge in [-0.1, -0.05) is 20.8 Å². The molecule has 3 atom stereocenters. The zero-order valence-corrected chi connectivity index (χ0v) is 12.5. The van der Waals surface area contributed by atoms with Crippen molar-refractivity contribution >= 4 is 11.5 Å². The van der Waals surface area contributed by atoms with Gasteiger partial charge in [-0.3, -0.25) is 0 Å². The van der Waals surface area contributed by atoms with Gasteiger partial charge in [-0.15, -0.1) is 0 Å². The number of rotatable bonds is 3. The van der Waals surface area contributed by atoms with Gasteiger partial charge in [0.2, 0.25) is 0 Å². The molecule has 1 heterocycles. The van der Waals surface area contributed by atoms with Crippen LogP contribution in [0.4, 0.5) is 11.5 Å². The second-order valence-electron chi connectivity index (χ2n) is 7.17. The second-order valence-corrected chi connectivity index (χ2v) is 7.17. The molecule has 2 N–H and O–H groups in total. The molecule has 2 bridgehead atoms. The van der Waals surface area contributed by atoms with Crippen LogP contribution in [0.15, 0.2) is 18.3 Å². The first-order valence-electron chi connectivity index (χ1n) is 7.36. The Labute approximate surface area is 116 Å². The van der Waals surface area contributed by atoms with Crippen LogP contribution in [0.5, 0.6) is 0 Å². The third-order valence-electron chi connectivity index (χ3n) is 5.60. The zero-order chi connectivity index (χ0) is 13.7. The highest BCUT2D eigenvalue weighted by atomic mass is 15.0. The maximum Gasteiger partial charge on any atom is 0.127 e. The Morgan fingerprint density at radius 3 is 2.74 bits per heavy atom. The maximum absolute atomic E-state index is 4.28. The molecule has 3 unspecified atom stereocenters. The fourth-order valence-electron chi connectivity index (χ4n) is 4.49. The molecule has 2 saturated carbocycles. The highest BCUT2D eigenvalue weighted by Gasteiger charge is 2.59. The minimum absolute atomic E-state index is 0.385. The van der Waals surface area contributed by atoms with Crippen molar-refractivity contribution in [1.29, 1.82) is 0 Å². The Balaban J connectivity index is 1.86. The summed E-state index contributed by atoms with van der Waals surface area (Å²) in [4.78, 5) is 4.28. The van der Waals surface area contributed by atoms with Crippen molar-refractivity contribution in [2.75, 3.05) is 17.7 Å². The van der Waals surface area contributed by atoms with Crippen LogP contribution < -0.4 is 10.6 Å². The van der Waals surface area contributed by atoms with E-state index in [0.717, 1.165) is 11.7 Å². The van der Waals surface area contributed by atoms with Gasteiger partial charge in [0.05, 0.1) is 0 Å². The summed E-state index contributed by atoms with van der Waals surface area (Å²) in [7, 11) is 1.91. The number of nitrogens with one attached hydrogen (secondary N) is 2. The quantitative estimate of drug-likeness (QED) is 0.868. The number of hydrogen-bond acceptors (Lipinski definition) is 3. The van der Waals surface area contributed by atoms with E-state index < -0.39 is 0 Å². The van der Waals surface area contributed by atoms with E-state index in [2.05, 4.69) is 48.5 Å². The lowest BCUT2D eigenvalue weighted by molar-refractivity contribution is 0.155. The first-order chi connectivity index (χ1) is 8.95. The van der Waals surface area contributed by atoms with E-state index in [4.69, 9.17) is 0 Å². The standard InChI is InChI=1S/C16H25N3/c1-15(2)11-5-7-16(3,10-11)14(15)19-12-6-8-18-13(9-12)17-4/h6,8-9,11,14H,5,7,10H2,1-4H3,(H2,17,18,19). The molecule has 2 aliphatic carbocycles. The van der Waals surface area contributed by atoms with Crippen molar-refractivity contribution in [3.8, 4) is 0 Å². The highest BCUT2D eigenvalue weighted by Crippen LogP contribution is 2.63. The average Bonchev–Trinajstić information content (AvgIpc) is 2.86. The molecule has 19 heavy (non-hydrogen) atoms. The molecule has 0 aliphatic heterocycles. The van der Waals surface area contributed by atoms with Gasteiger partial charge in [0.25, 0.3) is 0 Å². The lowest BCUT2D eigenvalue weighted by atomic mass is 9.68. The zero-order valence-electron chi connectivity index (χ0n) is 12.5. The number of fused-ring (bicyclic) bond motifs is 2. The lowest BCUT2D eigenvalue weighted by Crippen LogP contribution is -2.45. The van der Waals surface area contributed by atoms with Gasteiger partial charge < -0.3 is 10.6 Å². The first-order valence-corrected chi connectivity index (χ1v) is 7.36. The fourth-order valence-corrected chi connectivity index (χ4v) is 4.49. The first kappa shape index (κ1) is 12.8. The largest absolute Gasteiger partial charge is 0.381 e. The number of hydrogen-bond donors (Lipinski definition) is 2. The van der Waals surface area contributed by atoms with Crippen LogP contribution in [0.2, 0.25) is 0 Å². The van der Waals surface area contributed by atoms with Gasteiger partial charge in [-0.25, -0.2) is 4.98 Å². The molecule has 0 amide bonds. The van der Waals surface area contributed by atoms with Crippen LogP contribution in [-0.2, 0) is 0 Å². The number of nitrogens with zero attached hydrogens (tertiary/aromatic N) is 1. The Hall–Kier alpha value is -1.25. The summed E-state index contributed by atoms with van der Waals surface area (Å²) in [5.74, 6) is 1.80. The van der Waals surface area contributed by atoms with Crippen molar-refractivity contribution in [2.24, 2.45) is 16.7 Å². The van der Waals surface area contributed by atoms with E-state index in [9.17, 15) is 0 Å². The number of aromatic nitrogens is 1.